The Labute approximate surface area is 103 Å². The van der Waals surface area contributed by atoms with Crippen LogP contribution in [0, 0.1) is 0 Å². The van der Waals surface area contributed by atoms with Gasteiger partial charge in [-0.3, -0.25) is 9.59 Å². The Morgan fingerprint density at radius 3 is 2.76 bits per heavy atom. The zero-order valence-corrected chi connectivity index (χ0v) is 10.6. The molecule has 1 aliphatic heterocycles. The van der Waals surface area contributed by atoms with Crippen LogP contribution < -0.4 is 11.1 Å². The monoisotopic (exact) mass is 241 g/mol. The molecule has 5 nitrogen and oxygen atoms in total. The van der Waals surface area contributed by atoms with Crippen molar-refractivity contribution < 1.29 is 9.59 Å². The van der Waals surface area contributed by atoms with Crippen molar-refractivity contribution in [2.45, 2.75) is 45.1 Å². The van der Waals surface area contributed by atoms with Crippen molar-refractivity contribution in [3.8, 4) is 0 Å². The zero-order valence-electron chi connectivity index (χ0n) is 10.6. The lowest BCUT2D eigenvalue weighted by Gasteiger charge is -2.28. The Balaban J connectivity index is 2.60. The SMILES string of the molecule is CCC1CCCCCN1C(=O)C(=O)NCCN. The summed E-state index contributed by atoms with van der Waals surface area (Å²) < 4.78 is 0. The van der Waals surface area contributed by atoms with E-state index in [9.17, 15) is 9.59 Å². The van der Waals surface area contributed by atoms with Crippen molar-refractivity contribution in [1.29, 1.82) is 0 Å². The van der Waals surface area contributed by atoms with Gasteiger partial charge in [-0.15, -0.1) is 0 Å². The van der Waals surface area contributed by atoms with Crippen molar-refractivity contribution in [3.05, 3.63) is 0 Å². The molecule has 0 aromatic heterocycles. The van der Waals surface area contributed by atoms with Crippen molar-refractivity contribution in [1.82, 2.24) is 10.2 Å². The lowest BCUT2D eigenvalue weighted by atomic mass is 10.1. The van der Waals surface area contributed by atoms with Gasteiger partial charge in [-0.25, -0.2) is 0 Å². The maximum atomic E-state index is 12.0. The Bertz CT molecular complexity index is 268. The van der Waals surface area contributed by atoms with Gasteiger partial charge in [0.15, 0.2) is 0 Å². The highest BCUT2D eigenvalue weighted by atomic mass is 16.2. The van der Waals surface area contributed by atoms with Gasteiger partial charge in [-0.2, -0.15) is 0 Å². The van der Waals surface area contributed by atoms with Gasteiger partial charge in [0.1, 0.15) is 0 Å². The molecule has 0 saturated carbocycles. The van der Waals surface area contributed by atoms with Gasteiger partial charge < -0.3 is 16.0 Å². The van der Waals surface area contributed by atoms with Crippen LogP contribution in [0.15, 0.2) is 0 Å². The molecular weight excluding hydrogens is 218 g/mol. The molecule has 0 spiro atoms. The van der Waals surface area contributed by atoms with E-state index in [-0.39, 0.29) is 6.04 Å². The maximum absolute atomic E-state index is 12.0. The second-order valence-corrected chi connectivity index (χ2v) is 4.45. The van der Waals surface area contributed by atoms with Gasteiger partial charge >= 0.3 is 11.8 Å². The van der Waals surface area contributed by atoms with Crippen LogP contribution in [0.1, 0.15) is 39.0 Å². The quantitative estimate of drug-likeness (QED) is 0.695. The van der Waals surface area contributed by atoms with Gasteiger partial charge in [-0.05, 0) is 19.3 Å². The van der Waals surface area contributed by atoms with Crippen LogP contribution >= 0.6 is 0 Å². The van der Waals surface area contributed by atoms with E-state index >= 15 is 0 Å². The molecule has 1 fully saturated rings. The highest BCUT2D eigenvalue weighted by molar-refractivity contribution is 6.35. The third kappa shape index (κ3) is 4.00. The standard InChI is InChI=1S/C12H23N3O2/c1-2-10-6-4-3-5-9-15(10)12(17)11(16)14-8-7-13/h10H,2-9,13H2,1H3,(H,14,16). The van der Waals surface area contributed by atoms with Gasteiger partial charge in [-0.1, -0.05) is 19.8 Å². The van der Waals surface area contributed by atoms with E-state index in [1.807, 2.05) is 0 Å². The number of likely N-dealkylation sites (tertiary alicyclic amines) is 1. The molecule has 2 amide bonds. The molecule has 1 atom stereocenters. The smallest absolute Gasteiger partial charge is 0.312 e. The van der Waals surface area contributed by atoms with Crippen LogP contribution in [0.4, 0.5) is 0 Å². The van der Waals surface area contributed by atoms with Crippen molar-refractivity contribution in [3.63, 3.8) is 0 Å². The Kier molecular flexibility index (Phi) is 5.97. The fourth-order valence-corrected chi connectivity index (χ4v) is 2.26. The Hall–Kier alpha value is -1.10. The van der Waals surface area contributed by atoms with Gasteiger partial charge in [0.05, 0.1) is 0 Å². The van der Waals surface area contributed by atoms with Gasteiger partial charge in [0, 0.05) is 25.7 Å². The molecule has 1 saturated heterocycles. The first-order chi connectivity index (χ1) is 8.20. The average molecular weight is 241 g/mol. The van der Waals surface area contributed by atoms with Crippen LogP contribution in [-0.4, -0.2) is 42.4 Å². The summed E-state index contributed by atoms with van der Waals surface area (Å²) in [6.07, 6.45) is 5.20. The van der Waals surface area contributed by atoms with Crippen molar-refractivity contribution >= 4 is 11.8 Å². The van der Waals surface area contributed by atoms with Crippen molar-refractivity contribution in [2.24, 2.45) is 5.73 Å². The number of hydrogen-bond acceptors (Lipinski definition) is 3. The van der Waals surface area contributed by atoms with Crippen LogP contribution in [-0.2, 0) is 9.59 Å². The van der Waals surface area contributed by atoms with Crippen LogP contribution in [0.5, 0.6) is 0 Å². The van der Waals surface area contributed by atoms with Gasteiger partial charge in [0.2, 0.25) is 0 Å². The zero-order chi connectivity index (χ0) is 12.7. The summed E-state index contributed by atoms with van der Waals surface area (Å²) in [6.45, 7) is 3.48. The molecule has 5 heteroatoms. The van der Waals surface area contributed by atoms with Gasteiger partial charge in [0.25, 0.3) is 0 Å². The first kappa shape index (κ1) is 14.0. The second-order valence-electron chi connectivity index (χ2n) is 4.45. The second kappa shape index (κ2) is 7.27. The summed E-state index contributed by atoms with van der Waals surface area (Å²) in [6, 6.07) is 0.216. The molecule has 0 aromatic carbocycles. The number of hydrogen-bond donors (Lipinski definition) is 2. The largest absolute Gasteiger partial charge is 0.347 e. The summed E-state index contributed by atoms with van der Waals surface area (Å²) in [5.74, 6) is -0.914. The summed E-state index contributed by atoms with van der Waals surface area (Å²) >= 11 is 0. The van der Waals surface area contributed by atoms with E-state index in [2.05, 4.69) is 12.2 Å². The topological polar surface area (TPSA) is 75.4 Å². The van der Waals surface area contributed by atoms with Crippen molar-refractivity contribution in [2.75, 3.05) is 19.6 Å². The van der Waals surface area contributed by atoms with Crippen LogP contribution in [0.2, 0.25) is 0 Å². The Morgan fingerprint density at radius 2 is 2.12 bits per heavy atom. The third-order valence-electron chi connectivity index (χ3n) is 3.23. The summed E-state index contributed by atoms with van der Waals surface area (Å²) in [5.41, 5.74) is 5.29. The number of nitrogens with zero attached hydrogens (tertiary/aromatic N) is 1. The van der Waals surface area contributed by atoms with E-state index in [1.165, 1.54) is 0 Å². The Morgan fingerprint density at radius 1 is 1.35 bits per heavy atom. The van der Waals surface area contributed by atoms with E-state index in [0.29, 0.717) is 19.6 Å². The van der Waals surface area contributed by atoms with E-state index in [0.717, 1.165) is 32.1 Å². The van der Waals surface area contributed by atoms with E-state index in [1.54, 1.807) is 4.90 Å². The molecule has 1 rings (SSSR count). The maximum Gasteiger partial charge on any atom is 0.312 e. The number of amides is 2. The number of carbonyl (C=O) groups excluding carboxylic acids is 2. The molecular formula is C12H23N3O2. The highest BCUT2D eigenvalue weighted by Gasteiger charge is 2.28. The fourth-order valence-electron chi connectivity index (χ4n) is 2.26. The molecule has 0 aromatic rings. The number of nitrogens with two attached hydrogens (primary N) is 1. The first-order valence-electron chi connectivity index (χ1n) is 6.49. The van der Waals surface area contributed by atoms with E-state index in [4.69, 9.17) is 5.73 Å². The molecule has 3 N–H and O–H groups in total. The molecule has 1 aliphatic rings. The predicted molar refractivity (Wildman–Crippen MR) is 66.3 cm³/mol. The summed E-state index contributed by atoms with van der Waals surface area (Å²) in [7, 11) is 0. The number of carbonyl (C=O) groups is 2. The normalized spacial score (nSPS) is 20.8. The molecule has 98 valence electrons. The first-order valence-corrected chi connectivity index (χ1v) is 6.49. The molecule has 17 heavy (non-hydrogen) atoms. The molecule has 0 aliphatic carbocycles. The summed E-state index contributed by atoms with van der Waals surface area (Å²) in [4.78, 5) is 25.4. The minimum atomic E-state index is -0.518. The molecule has 1 heterocycles. The van der Waals surface area contributed by atoms with Crippen LogP contribution in [0.3, 0.4) is 0 Å². The minimum Gasteiger partial charge on any atom is -0.347 e. The molecule has 0 bridgehead atoms. The fraction of sp³-hybridized carbons (Fsp3) is 0.833. The number of nitrogens with one attached hydrogen (secondary N) is 1. The molecule has 0 radical (unpaired) electrons. The molecule has 1 unspecified atom stereocenters. The van der Waals surface area contributed by atoms with E-state index < -0.39 is 11.8 Å². The number of rotatable bonds is 3. The lowest BCUT2D eigenvalue weighted by molar-refractivity contribution is -0.147. The lowest BCUT2D eigenvalue weighted by Crippen LogP contribution is -2.48. The third-order valence-corrected chi connectivity index (χ3v) is 3.23. The average Bonchev–Trinajstić information content (AvgIpc) is 2.59. The highest BCUT2D eigenvalue weighted by Crippen LogP contribution is 2.19. The summed E-state index contributed by atoms with van der Waals surface area (Å²) in [5, 5.41) is 2.54. The predicted octanol–water partition coefficient (Wildman–Crippen LogP) is 0.243. The minimum absolute atomic E-state index is 0.216. The van der Waals surface area contributed by atoms with Crippen LogP contribution in [0.25, 0.3) is 0 Å².